The predicted octanol–water partition coefficient (Wildman–Crippen LogP) is 3.42. The van der Waals surface area contributed by atoms with Gasteiger partial charge in [-0.2, -0.15) is 0 Å². The van der Waals surface area contributed by atoms with Crippen molar-refractivity contribution in [2.75, 3.05) is 17.7 Å². The van der Waals surface area contributed by atoms with Crippen LogP contribution >= 0.6 is 12.4 Å². The van der Waals surface area contributed by atoms with Crippen LogP contribution in [0.1, 0.15) is 17.5 Å². The molecule has 0 aliphatic carbocycles. The van der Waals surface area contributed by atoms with Crippen LogP contribution < -0.4 is 10.6 Å². The van der Waals surface area contributed by atoms with Gasteiger partial charge in [-0.25, -0.2) is 4.98 Å². The molecule has 0 saturated carbocycles. The van der Waals surface area contributed by atoms with E-state index in [2.05, 4.69) is 46.8 Å². The first kappa shape index (κ1) is 17.0. The third kappa shape index (κ3) is 5.44. The van der Waals surface area contributed by atoms with E-state index in [1.807, 2.05) is 19.2 Å². The Labute approximate surface area is 131 Å². The molecule has 2 N–H and O–H groups in total. The summed E-state index contributed by atoms with van der Waals surface area (Å²) in [5, 5.41) is 5.78. The quantitative estimate of drug-likeness (QED) is 0.890. The monoisotopic (exact) mass is 305 g/mol. The first-order valence-corrected chi connectivity index (χ1v) is 6.66. The van der Waals surface area contributed by atoms with Gasteiger partial charge < -0.3 is 10.6 Å². The largest absolute Gasteiger partial charge is 0.373 e. The zero-order valence-corrected chi connectivity index (χ0v) is 13.0. The third-order valence-electron chi connectivity index (χ3n) is 3.06. The summed E-state index contributed by atoms with van der Waals surface area (Å²) in [6.07, 6.45) is 2.86. The van der Waals surface area contributed by atoms with Crippen molar-refractivity contribution in [3.63, 3.8) is 0 Å². The third-order valence-corrected chi connectivity index (χ3v) is 3.06. The summed E-state index contributed by atoms with van der Waals surface area (Å²) in [6.45, 7) is 2.05. The molecule has 0 unspecified atom stereocenters. The van der Waals surface area contributed by atoms with Crippen LogP contribution in [0.25, 0.3) is 0 Å². The molecular weight excluding hydrogens is 286 g/mol. The lowest BCUT2D eigenvalue weighted by molar-refractivity contribution is -0.116. The zero-order chi connectivity index (χ0) is 14.4. The van der Waals surface area contributed by atoms with Crippen LogP contribution in [0.2, 0.25) is 0 Å². The van der Waals surface area contributed by atoms with Gasteiger partial charge in [-0.15, -0.1) is 12.4 Å². The minimum absolute atomic E-state index is 0. The number of rotatable bonds is 5. The maximum atomic E-state index is 11.9. The summed E-state index contributed by atoms with van der Waals surface area (Å²) in [5.41, 5.74) is 3.13. The molecule has 5 heteroatoms. The predicted molar refractivity (Wildman–Crippen MR) is 89.2 cm³/mol. The second-order valence-corrected chi connectivity index (χ2v) is 4.72. The molecule has 0 aliphatic rings. The highest BCUT2D eigenvalue weighted by molar-refractivity contribution is 5.90. The van der Waals surface area contributed by atoms with Gasteiger partial charge in [0.15, 0.2) is 0 Å². The number of amides is 1. The van der Waals surface area contributed by atoms with E-state index in [9.17, 15) is 4.79 Å². The Hall–Kier alpha value is -2.07. The maximum Gasteiger partial charge on any atom is 0.224 e. The summed E-state index contributed by atoms with van der Waals surface area (Å²) < 4.78 is 0. The molecule has 0 aliphatic heterocycles. The summed E-state index contributed by atoms with van der Waals surface area (Å²) in [5.74, 6) is 0.784. The van der Waals surface area contributed by atoms with Gasteiger partial charge in [0.2, 0.25) is 5.91 Å². The van der Waals surface area contributed by atoms with Gasteiger partial charge in [0, 0.05) is 13.5 Å². The molecule has 2 aromatic rings. The smallest absolute Gasteiger partial charge is 0.224 e. The van der Waals surface area contributed by atoms with Crippen LogP contribution in [0.15, 0.2) is 42.6 Å². The molecule has 0 atom stereocenters. The van der Waals surface area contributed by atoms with E-state index in [-0.39, 0.29) is 18.3 Å². The highest BCUT2D eigenvalue weighted by Crippen LogP contribution is 2.10. The normalized spacial score (nSPS) is 9.62. The molecule has 1 aromatic carbocycles. The second kappa shape index (κ2) is 8.27. The van der Waals surface area contributed by atoms with Crippen molar-refractivity contribution in [1.29, 1.82) is 0 Å². The van der Waals surface area contributed by atoms with Gasteiger partial charge in [0.25, 0.3) is 0 Å². The van der Waals surface area contributed by atoms with Gasteiger partial charge in [0.1, 0.15) is 5.82 Å². The van der Waals surface area contributed by atoms with Crippen LogP contribution in [-0.2, 0) is 11.2 Å². The van der Waals surface area contributed by atoms with Gasteiger partial charge in [-0.3, -0.25) is 4.79 Å². The fourth-order valence-corrected chi connectivity index (χ4v) is 1.85. The van der Waals surface area contributed by atoms with E-state index >= 15 is 0 Å². The lowest BCUT2D eigenvalue weighted by Crippen LogP contribution is -2.12. The number of anilines is 2. The van der Waals surface area contributed by atoms with E-state index in [4.69, 9.17) is 0 Å². The standard InChI is InChI=1S/C16H19N3O.ClH/c1-12-3-5-13(6-4-12)7-10-16(20)19-14-8-9-15(17-2)18-11-14;/h3-6,8-9,11H,7,10H2,1-2H3,(H,17,18)(H,19,20);1H. The van der Waals surface area contributed by atoms with Crippen molar-refractivity contribution in [3.05, 3.63) is 53.7 Å². The maximum absolute atomic E-state index is 11.9. The van der Waals surface area contributed by atoms with Crippen molar-refractivity contribution < 1.29 is 4.79 Å². The number of hydrogen-bond acceptors (Lipinski definition) is 3. The number of nitrogens with zero attached hydrogens (tertiary/aromatic N) is 1. The second-order valence-electron chi connectivity index (χ2n) is 4.72. The number of benzene rings is 1. The van der Waals surface area contributed by atoms with Crippen molar-refractivity contribution in [1.82, 2.24) is 4.98 Å². The topological polar surface area (TPSA) is 54.0 Å². The minimum atomic E-state index is 0. The summed E-state index contributed by atoms with van der Waals surface area (Å²) >= 11 is 0. The van der Waals surface area contributed by atoms with Crippen LogP contribution in [0.5, 0.6) is 0 Å². The Morgan fingerprint density at radius 3 is 2.43 bits per heavy atom. The number of aryl methyl sites for hydroxylation is 2. The van der Waals surface area contributed by atoms with Gasteiger partial charge in [0.05, 0.1) is 11.9 Å². The Kier molecular flexibility index (Phi) is 6.69. The van der Waals surface area contributed by atoms with Crippen molar-refractivity contribution in [2.45, 2.75) is 19.8 Å². The van der Waals surface area contributed by atoms with E-state index in [1.54, 1.807) is 6.20 Å². The van der Waals surface area contributed by atoms with Gasteiger partial charge in [-0.1, -0.05) is 29.8 Å². The van der Waals surface area contributed by atoms with Gasteiger partial charge in [-0.05, 0) is 31.0 Å². The lowest BCUT2D eigenvalue weighted by atomic mass is 10.1. The van der Waals surface area contributed by atoms with E-state index in [0.29, 0.717) is 6.42 Å². The summed E-state index contributed by atoms with van der Waals surface area (Å²) in [6, 6.07) is 11.9. The van der Waals surface area contributed by atoms with E-state index in [1.165, 1.54) is 11.1 Å². The van der Waals surface area contributed by atoms with Crippen molar-refractivity contribution >= 4 is 29.8 Å². The van der Waals surface area contributed by atoms with Crippen LogP contribution in [0.4, 0.5) is 11.5 Å². The Bertz CT molecular complexity index is 567. The SMILES string of the molecule is CNc1ccc(NC(=O)CCc2ccc(C)cc2)cn1.Cl. The summed E-state index contributed by atoms with van der Waals surface area (Å²) in [7, 11) is 1.81. The Balaban J connectivity index is 0.00000220. The van der Waals surface area contributed by atoms with Crippen LogP contribution in [0.3, 0.4) is 0 Å². The molecule has 1 aromatic heterocycles. The molecule has 4 nitrogen and oxygen atoms in total. The molecule has 0 spiro atoms. The molecule has 1 amide bonds. The first-order valence-electron chi connectivity index (χ1n) is 6.66. The Morgan fingerprint density at radius 1 is 1.14 bits per heavy atom. The molecule has 0 fully saturated rings. The lowest BCUT2D eigenvalue weighted by Gasteiger charge is -2.06. The van der Waals surface area contributed by atoms with Gasteiger partial charge >= 0.3 is 0 Å². The number of halogens is 1. The van der Waals surface area contributed by atoms with Crippen molar-refractivity contribution in [2.24, 2.45) is 0 Å². The first-order chi connectivity index (χ1) is 9.67. The number of carbonyl (C=O) groups excluding carboxylic acids is 1. The number of nitrogens with one attached hydrogen (secondary N) is 2. The molecule has 2 rings (SSSR count). The molecule has 21 heavy (non-hydrogen) atoms. The van der Waals surface area contributed by atoms with Crippen molar-refractivity contribution in [3.8, 4) is 0 Å². The summed E-state index contributed by atoms with van der Waals surface area (Å²) in [4.78, 5) is 16.0. The van der Waals surface area contributed by atoms with E-state index in [0.717, 1.165) is 17.9 Å². The Morgan fingerprint density at radius 2 is 1.86 bits per heavy atom. The van der Waals surface area contributed by atoms with Crippen LogP contribution in [-0.4, -0.2) is 17.9 Å². The van der Waals surface area contributed by atoms with Crippen LogP contribution in [0, 0.1) is 6.92 Å². The minimum Gasteiger partial charge on any atom is -0.373 e. The number of hydrogen-bond donors (Lipinski definition) is 2. The number of aromatic nitrogens is 1. The molecule has 1 heterocycles. The fourth-order valence-electron chi connectivity index (χ4n) is 1.85. The highest BCUT2D eigenvalue weighted by Gasteiger charge is 2.03. The average molecular weight is 306 g/mol. The molecule has 0 radical (unpaired) electrons. The number of pyridine rings is 1. The zero-order valence-electron chi connectivity index (χ0n) is 12.2. The molecule has 0 saturated heterocycles. The number of carbonyl (C=O) groups is 1. The molecule has 0 bridgehead atoms. The molecular formula is C16H20ClN3O. The highest BCUT2D eigenvalue weighted by atomic mass is 35.5. The van der Waals surface area contributed by atoms with E-state index < -0.39 is 0 Å². The average Bonchev–Trinajstić information content (AvgIpc) is 2.47. The fraction of sp³-hybridized carbons (Fsp3) is 0.250. The molecule has 112 valence electrons.